The number of halogens is 1. The average Bonchev–Trinajstić information content (AvgIpc) is 2.37. The van der Waals surface area contributed by atoms with Gasteiger partial charge in [0, 0.05) is 18.6 Å². The SMILES string of the molecule is CCN(CC(C)C#N)C(c1cccc(F)c1)C(C)N. The molecule has 1 rings (SSSR count). The van der Waals surface area contributed by atoms with Gasteiger partial charge in [-0.15, -0.1) is 0 Å². The molecule has 0 bridgehead atoms. The quantitative estimate of drug-likeness (QED) is 0.858. The second-order valence-corrected chi connectivity index (χ2v) is 4.98. The van der Waals surface area contributed by atoms with Gasteiger partial charge in [-0.3, -0.25) is 4.90 Å². The first kappa shape index (κ1) is 15.6. The first-order valence-corrected chi connectivity index (χ1v) is 6.64. The van der Waals surface area contributed by atoms with Crippen molar-refractivity contribution >= 4 is 0 Å². The van der Waals surface area contributed by atoms with E-state index in [1.54, 1.807) is 6.07 Å². The zero-order valence-electron chi connectivity index (χ0n) is 11.8. The largest absolute Gasteiger partial charge is 0.326 e. The topological polar surface area (TPSA) is 53.0 Å². The van der Waals surface area contributed by atoms with Crippen LogP contribution in [0, 0.1) is 23.1 Å². The summed E-state index contributed by atoms with van der Waals surface area (Å²) < 4.78 is 13.4. The second kappa shape index (κ2) is 7.22. The number of nitriles is 1. The number of likely N-dealkylation sites (N-methyl/N-ethyl adjacent to an activating group) is 1. The minimum absolute atomic E-state index is 0.0727. The molecular formula is C15H22FN3. The lowest BCUT2D eigenvalue weighted by Crippen LogP contribution is -2.41. The van der Waals surface area contributed by atoms with E-state index in [0.29, 0.717) is 6.54 Å². The van der Waals surface area contributed by atoms with Gasteiger partial charge in [-0.25, -0.2) is 4.39 Å². The van der Waals surface area contributed by atoms with Crippen LogP contribution in [0.4, 0.5) is 4.39 Å². The van der Waals surface area contributed by atoms with Crippen LogP contribution in [0.2, 0.25) is 0 Å². The summed E-state index contributed by atoms with van der Waals surface area (Å²) in [6, 6.07) is 8.56. The van der Waals surface area contributed by atoms with E-state index < -0.39 is 0 Å². The van der Waals surface area contributed by atoms with Crippen molar-refractivity contribution in [3.8, 4) is 6.07 Å². The Balaban J connectivity index is 3.02. The van der Waals surface area contributed by atoms with E-state index in [9.17, 15) is 4.39 Å². The van der Waals surface area contributed by atoms with Crippen molar-refractivity contribution in [1.29, 1.82) is 5.26 Å². The third-order valence-corrected chi connectivity index (χ3v) is 3.22. The third-order valence-electron chi connectivity index (χ3n) is 3.22. The Kier molecular flexibility index (Phi) is 5.94. The number of hydrogen-bond donors (Lipinski definition) is 1. The maximum absolute atomic E-state index is 13.4. The van der Waals surface area contributed by atoms with Crippen LogP contribution < -0.4 is 5.73 Å². The molecule has 2 N–H and O–H groups in total. The summed E-state index contributed by atoms with van der Waals surface area (Å²) in [6.07, 6.45) is 0. The van der Waals surface area contributed by atoms with E-state index in [1.165, 1.54) is 12.1 Å². The van der Waals surface area contributed by atoms with Crippen LogP contribution in [0.15, 0.2) is 24.3 Å². The predicted molar refractivity (Wildman–Crippen MR) is 74.8 cm³/mol. The van der Waals surface area contributed by atoms with E-state index in [-0.39, 0.29) is 23.8 Å². The van der Waals surface area contributed by atoms with E-state index >= 15 is 0 Å². The maximum atomic E-state index is 13.4. The maximum Gasteiger partial charge on any atom is 0.123 e. The highest BCUT2D eigenvalue weighted by Crippen LogP contribution is 2.24. The standard InChI is InChI=1S/C15H22FN3/c1-4-19(10-11(2)9-17)15(12(3)18)13-6-5-7-14(16)8-13/h5-8,11-12,15H,4,10,18H2,1-3H3. The first-order chi connectivity index (χ1) is 8.99. The normalized spacial score (nSPS) is 15.8. The summed E-state index contributed by atoms with van der Waals surface area (Å²) in [5, 5.41) is 8.95. The summed E-state index contributed by atoms with van der Waals surface area (Å²) in [5.74, 6) is -0.331. The van der Waals surface area contributed by atoms with Crippen LogP contribution in [-0.4, -0.2) is 24.0 Å². The molecule has 0 saturated carbocycles. The van der Waals surface area contributed by atoms with Crippen molar-refractivity contribution in [3.63, 3.8) is 0 Å². The Hall–Kier alpha value is -1.44. The fraction of sp³-hybridized carbons (Fsp3) is 0.533. The van der Waals surface area contributed by atoms with Crippen LogP contribution in [-0.2, 0) is 0 Å². The third kappa shape index (κ3) is 4.30. The average molecular weight is 263 g/mol. The van der Waals surface area contributed by atoms with Gasteiger partial charge >= 0.3 is 0 Å². The highest BCUT2D eigenvalue weighted by Gasteiger charge is 2.24. The second-order valence-electron chi connectivity index (χ2n) is 4.98. The lowest BCUT2D eigenvalue weighted by molar-refractivity contribution is 0.173. The molecule has 0 aromatic heterocycles. The molecule has 19 heavy (non-hydrogen) atoms. The molecule has 0 heterocycles. The van der Waals surface area contributed by atoms with Crippen molar-refractivity contribution in [1.82, 2.24) is 4.90 Å². The monoisotopic (exact) mass is 263 g/mol. The molecule has 3 nitrogen and oxygen atoms in total. The molecule has 3 atom stereocenters. The molecule has 0 aliphatic heterocycles. The summed E-state index contributed by atoms with van der Waals surface area (Å²) in [6.45, 7) is 7.23. The Morgan fingerprint density at radius 3 is 2.58 bits per heavy atom. The molecule has 0 radical (unpaired) electrons. The number of benzene rings is 1. The van der Waals surface area contributed by atoms with Crippen molar-refractivity contribution in [2.45, 2.75) is 32.9 Å². The molecule has 104 valence electrons. The number of nitrogens with two attached hydrogens (primary N) is 1. The van der Waals surface area contributed by atoms with Crippen molar-refractivity contribution in [2.24, 2.45) is 11.7 Å². The Morgan fingerprint density at radius 2 is 2.11 bits per heavy atom. The van der Waals surface area contributed by atoms with E-state index in [0.717, 1.165) is 12.1 Å². The Labute approximate surface area is 114 Å². The molecule has 4 heteroatoms. The van der Waals surface area contributed by atoms with Crippen LogP contribution in [0.3, 0.4) is 0 Å². The summed E-state index contributed by atoms with van der Waals surface area (Å²) >= 11 is 0. The van der Waals surface area contributed by atoms with Crippen molar-refractivity contribution in [2.75, 3.05) is 13.1 Å². The smallest absolute Gasteiger partial charge is 0.123 e. The van der Waals surface area contributed by atoms with E-state index in [2.05, 4.69) is 11.0 Å². The molecule has 0 amide bonds. The minimum Gasteiger partial charge on any atom is -0.326 e. The van der Waals surface area contributed by atoms with Gasteiger partial charge in [0.25, 0.3) is 0 Å². The van der Waals surface area contributed by atoms with E-state index in [1.807, 2.05) is 26.8 Å². The lowest BCUT2D eigenvalue weighted by atomic mass is 9.98. The van der Waals surface area contributed by atoms with Gasteiger partial charge in [0.05, 0.1) is 12.0 Å². The van der Waals surface area contributed by atoms with Crippen LogP contribution >= 0.6 is 0 Å². The van der Waals surface area contributed by atoms with Gasteiger partial charge in [0.2, 0.25) is 0 Å². The van der Waals surface area contributed by atoms with E-state index in [4.69, 9.17) is 11.0 Å². The zero-order chi connectivity index (χ0) is 14.4. The predicted octanol–water partition coefficient (Wildman–Crippen LogP) is 2.70. The van der Waals surface area contributed by atoms with Gasteiger partial charge in [-0.2, -0.15) is 5.26 Å². The highest BCUT2D eigenvalue weighted by molar-refractivity contribution is 5.21. The first-order valence-electron chi connectivity index (χ1n) is 6.64. The molecule has 1 aromatic rings. The zero-order valence-corrected chi connectivity index (χ0v) is 11.8. The summed E-state index contributed by atoms with van der Waals surface area (Å²) in [7, 11) is 0. The van der Waals surface area contributed by atoms with Gasteiger partial charge in [-0.05, 0) is 38.1 Å². The molecule has 0 saturated heterocycles. The molecular weight excluding hydrogens is 241 g/mol. The molecule has 0 aliphatic carbocycles. The Bertz CT molecular complexity index is 439. The summed E-state index contributed by atoms with van der Waals surface area (Å²) in [4.78, 5) is 2.13. The Morgan fingerprint density at radius 1 is 1.42 bits per heavy atom. The summed E-state index contributed by atoms with van der Waals surface area (Å²) in [5.41, 5.74) is 6.93. The fourth-order valence-corrected chi connectivity index (χ4v) is 2.37. The fourth-order valence-electron chi connectivity index (χ4n) is 2.37. The molecule has 0 fully saturated rings. The van der Waals surface area contributed by atoms with Gasteiger partial charge in [0.1, 0.15) is 5.82 Å². The van der Waals surface area contributed by atoms with Crippen LogP contribution in [0.5, 0.6) is 0 Å². The molecule has 3 unspecified atom stereocenters. The van der Waals surface area contributed by atoms with Crippen molar-refractivity contribution in [3.05, 3.63) is 35.6 Å². The number of hydrogen-bond acceptors (Lipinski definition) is 3. The van der Waals surface area contributed by atoms with Crippen LogP contribution in [0.1, 0.15) is 32.4 Å². The van der Waals surface area contributed by atoms with Gasteiger partial charge < -0.3 is 5.73 Å². The van der Waals surface area contributed by atoms with Gasteiger partial charge in [0.15, 0.2) is 0 Å². The minimum atomic E-state index is -0.257. The lowest BCUT2D eigenvalue weighted by Gasteiger charge is -2.34. The molecule has 0 aliphatic rings. The molecule has 0 spiro atoms. The number of nitrogens with zero attached hydrogens (tertiary/aromatic N) is 2. The molecule has 1 aromatic carbocycles. The van der Waals surface area contributed by atoms with Crippen LogP contribution in [0.25, 0.3) is 0 Å². The van der Waals surface area contributed by atoms with Crippen molar-refractivity contribution < 1.29 is 4.39 Å². The van der Waals surface area contributed by atoms with Gasteiger partial charge in [-0.1, -0.05) is 19.1 Å². The number of rotatable bonds is 6. The highest BCUT2D eigenvalue weighted by atomic mass is 19.1.